The van der Waals surface area contributed by atoms with E-state index in [0.29, 0.717) is 18.3 Å². The first-order valence-corrected chi connectivity index (χ1v) is 8.60. The Morgan fingerprint density at radius 3 is 2.45 bits per heavy atom. The Hall–Kier alpha value is -1.10. The maximum absolute atomic E-state index is 12.3. The molecule has 1 atom stereocenters. The average molecular weight is 308 g/mol. The Morgan fingerprint density at radius 1 is 1.32 bits per heavy atom. The molecule has 1 spiro atoms. The van der Waals surface area contributed by atoms with Crippen molar-refractivity contribution in [3.63, 3.8) is 0 Å². The van der Waals surface area contributed by atoms with Crippen LogP contribution in [-0.2, 0) is 14.3 Å². The van der Waals surface area contributed by atoms with Crippen LogP contribution in [0, 0.1) is 11.8 Å². The van der Waals surface area contributed by atoms with Gasteiger partial charge in [-0.1, -0.05) is 13.8 Å². The lowest BCUT2D eigenvalue weighted by molar-refractivity contribution is -0.199. The van der Waals surface area contributed by atoms with E-state index < -0.39 is 0 Å². The van der Waals surface area contributed by atoms with Gasteiger partial charge in [-0.25, -0.2) is 0 Å². The summed E-state index contributed by atoms with van der Waals surface area (Å²) in [5, 5.41) is 0. The summed E-state index contributed by atoms with van der Waals surface area (Å²) in [7, 11) is 1.63. The van der Waals surface area contributed by atoms with Gasteiger partial charge < -0.3 is 14.5 Å². The van der Waals surface area contributed by atoms with Gasteiger partial charge in [-0.2, -0.15) is 0 Å². The summed E-state index contributed by atoms with van der Waals surface area (Å²) in [6, 6.07) is 0. The molecular formula is C17H28N2O3. The molecule has 2 heterocycles. The van der Waals surface area contributed by atoms with E-state index in [9.17, 15) is 9.59 Å². The molecule has 3 fully saturated rings. The second-order valence-corrected chi connectivity index (χ2v) is 7.59. The molecule has 2 saturated heterocycles. The van der Waals surface area contributed by atoms with Gasteiger partial charge in [0.1, 0.15) is 0 Å². The fourth-order valence-corrected chi connectivity index (χ4v) is 3.97. The molecule has 3 rings (SSSR count). The standard InChI is InChI=1S/C17H28N2O3/c1-12(2)10-14(20)18-8-6-17(7-9-18)15(22-3)16(21)19(17)11-13-4-5-13/h12-13,15H,4-11H2,1-3H3. The smallest absolute Gasteiger partial charge is 0.254 e. The van der Waals surface area contributed by atoms with Crippen molar-refractivity contribution in [3.05, 3.63) is 0 Å². The molecule has 1 unspecified atom stereocenters. The van der Waals surface area contributed by atoms with E-state index in [0.717, 1.165) is 32.5 Å². The maximum atomic E-state index is 12.3. The van der Waals surface area contributed by atoms with Crippen LogP contribution >= 0.6 is 0 Å². The van der Waals surface area contributed by atoms with Gasteiger partial charge in [0.2, 0.25) is 5.91 Å². The third-order valence-electron chi connectivity index (χ3n) is 5.45. The minimum atomic E-state index is -0.298. The van der Waals surface area contributed by atoms with Gasteiger partial charge in [0.25, 0.3) is 5.91 Å². The summed E-state index contributed by atoms with van der Waals surface area (Å²) in [6.07, 6.45) is 4.52. The van der Waals surface area contributed by atoms with E-state index in [1.54, 1.807) is 7.11 Å². The lowest BCUT2D eigenvalue weighted by Gasteiger charge is -2.59. The summed E-state index contributed by atoms with van der Waals surface area (Å²) in [4.78, 5) is 28.6. The van der Waals surface area contributed by atoms with E-state index in [1.165, 1.54) is 12.8 Å². The molecule has 2 aliphatic heterocycles. The molecule has 0 aromatic carbocycles. The minimum Gasteiger partial charge on any atom is -0.369 e. The first kappa shape index (κ1) is 15.8. The molecule has 1 saturated carbocycles. The van der Waals surface area contributed by atoms with Gasteiger partial charge in [-0.15, -0.1) is 0 Å². The predicted molar refractivity (Wildman–Crippen MR) is 83.2 cm³/mol. The number of β-lactam (4-membered cyclic amide) rings is 1. The number of carbonyl (C=O) groups excluding carboxylic acids is 2. The van der Waals surface area contributed by atoms with Crippen LogP contribution in [0.15, 0.2) is 0 Å². The Kier molecular flexibility index (Phi) is 4.19. The molecule has 22 heavy (non-hydrogen) atoms. The molecule has 0 radical (unpaired) electrons. The summed E-state index contributed by atoms with van der Waals surface area (Å²) in [6.45, 7) is 6.54. The van der Waals surface area contributed by atoms with Crippen LogP contribution in [0.2, 0.25) is 0 Å². The number of nitrogens with zero attached hydrogens (tertiary/aromatic N) is 2. The summed E-state index contributed by atoms with van der Waals surface area (Å²) in [5.74, 6) is 1.49. The number of rotatable bonds is 5. The molecule has 5 heteroatoms. The second-order valence-electron chi connectivity index (χ2n) is 7.59. The molecule has 3 aliphatic rings. The Labute approximate surface area is 133 Å². The lowest BCUT2D eigenvalue weighted by atomic mass is 9.72. The Balaban J connectivity index is 1.63. The Bertz CT molecular complexity index is 451. The number of methoxy groups -OCH3 is 1. The third-order valence-corrected chi connectivity index (χ3v) is 5.45. The van der Waals surface area contributed by atoms with Gasteiger partial charge in [0, 0.05) is 33.2 Å². The number of hydrogen-bond donors (Lipinski definition) is 0. The molecule has 0 N–H and O–H groups in total. The maximum Gasteiger partial charge on any atom is 0.254 e. The quantitative estimate of drug-likeness (QED) is 0.726. The van der Waals surface area contributed by atoms with Gasteiger partial charge >= 0.3 is 0 Å². The fourth-order valence-electron chi connectivity index (χ4n) is 3.97. The summed E-state index contributed by atoms with van der Waals surface area (Å²) >= 11 is 0. The predicted octanol–water partition coefficient (Wildman–Crippen LogP) is 1.66. The molecule has 2 amide bonds. The van der Waals surface area contributed by atoms with E-state index in [-0.39, 0.29) is 23.5 Å². The summed E-state index contributed by atoms with van der Waals surface area (Å²) < 4.78 is 5.49. The van der Waals surface area contributed by atoms with Crippen molar-refractivity contribution in [2.45, 2.75) is 57.6 Å². The number of hydrogen-bond acceptors (Lipinski definition) is 3. The second kappa shape index (κ2) is 5.84. The van der Waals surface area contributed by atoms with Crippen LogP contribution in [0.4, 0.5) is 0 Å². The van der Waals surface area contributed by atoms with Crippen LogP contribution in [0.3, 0.4) is 0 Å². The number of carbonyl (C=O) groups is 2. The van der Waals surface area contributed by atoms with Crippen LogP contribution in [-0.4, -0.2) is 60.0 Å². The monoisotopic (exact) mass is 308 g/mol. The fraction of sp³-hybridized carbons (Fsp3) is 0.882. The molecule has 0 aromatic heterocycles. The van der Waals surface area contributed by atoms with Crippen LogP contribution < -0.4 is 0 Å². The zero-order chi connectivity index (χ0) is 15.9. The van der Waals surface area contributed by atoms with Crippen molar-refractivity contribution in [1.29, 1.82) is 0 Å². The molecule has 124 valence electrons. The first-order valence-electron chi connectivity index (χ1n) is 8.60. The van der Waals surface area contributed by atoms with Crippen molar-refractivity contribution < 1.29 is 14.3 Å². The number of likely N-dealkylation sites (tertiary alicyclic amines) is 2. The van der Waals surface area contributed by atoms with Crippen molar-refractivity contribution >= 4 is 11.8 Å². The molecule has 1 aliphatic carbocycles. The zero-order valence-corrected chi connectivity index (χ0v) is 14.0. The minimum absolute atomic E-state index is 0.149. The Morgan fingerprint density at radius 2 is 1.95 bits per heavy atom. The van der Waals surface area contributed by atoms with Gasteiger partial charge in [0.05, 0.1) is 5.54 Å². The highest BCUT2D eigenvalue weighted by Gasteiger charge is 2.61. The molecular weight excluding hydrogens is 280 g/mol. The van der Waals surface area contributed by atoms with Crippen LogP contribution in [0.1, 0.15) is 46.0 Å². The average Bonchev–Trinajstić information content (AvgIpc) is 3.29. The van der Waals surface area contributed by atoms with Crippen LogP contribution in [0.25, 0.3) is 0 Å². The van der Waals surface area contributed by atoms with E-state index in [4.69, 9.17) is 4.74 Å². The lowest BCUT2D eigenvalue weighted by Crippen LogP contribution is -2.77. The molecule has 0 aromatic rings. The topological polar surface area (TPSA) is 49.9 Å². The normalized spacial score (nSPS) is 27.5. The van der Waals surface area contributed by atoms with E-state index >= 15 is 0 Å². The van der Waals surface area contributed by atoms with E-state index in [2.05, 4.69) is 18.7 Å². The number of piperidine rings is 1. The van der Waals surface area contributed by atoms with Gasteiger partial charge in [-0.05, 0) is 37.5 Å². The van der Waals surface area contributed by atoms with Crippen molar-refractivity contribution in [1.82, 2.24) is 9.80 Å². The van der Waals surface area contributed by atoms with E-state index in [1.807, 2.05) is 4.90 Å². The highest BCUT2D eigenvalue weighted by molar-refractivity contribution is 5.90. The third kappa shape index (κ3) is 2.64. The number of amides is 2. The highest BCUT2D eigenvalue weighted by atomic mass is 16.5. The summed E-state index contributed by atoms with van der Waals surface area (Å²) in [5.41, 5.74) is -0.150. The van der Waals surface area contributed by atoms with Crippen LogP contribution in [0.5, 0.6) is 0 Å². The first-order chi connectivity index (χ1) is 10.5. The van der Waals surface area contributed by atoms with Gasteiger partial charge in [-0.3, -0.25) is 9.59 Å². The van der Waals surface area contributed by atoms with Crippen molar-refractivity contribution in [2.24, 2.45) is 11.8 Å². The largest absolute Gasteiger partial charge is 0.369 e. The highest BCUT2D eigenvalue weighted by Crippen LogP contribution is 2.45. The molecule has 5 nitrogen and oxygen atoms in total. The SMILES string of the molecule is COC1C(=O)N(CC2CC2)C12CCN(C(=O)CC(C)C)CC2. The number of ether oxygens (including phenoxy) is 1. The zero-order valence-electron chi connectivity index (χ0n) is 14.0. The van der Waals surface area contributed by atoms with Gasteiger partial charge in [0.15, 0.2) is 6.10 Å². The van der Waals surface area contributed by atoms with Crippen molar-refractivity contribution in [3.8, 4) is 0 Å². The van der Waals surface area contributed by atoms with Crippen molar-refractivity contribution in [2.75, 3.05) is 26.7 Å². The molecule has 0 bridgehead atoms.